The second kappa shape index (κ2) is 22.6. The van der Waals surface area contributed by atoms with Crippen molar-refractivity contribution in [2.45, 2.75) is 149 Å². The van der Waals surface area contributed by atoms with Crippen molar-refractivity contribution in [3.8, 4) is 0 Å². The average Bonchev–Trinajstić information content (AvgIpc) is 2.73. The van der Waals surface area contributed by atoms with E-state index in [0.29, 0.717) is 32.3 Å². The highest BCUT2D eigenvalue weighted by Crippen LogP contribution is 2.12. The quantitative estimate of drug-likeness (QED) is 0.130. The number of unbranched alkanes of at least 4 members (excludes halogenated alkanes) is 13. The van der Waals surface area contributed by atoms with Gasteiger partial charge in [0.15, 0.2) is 0 Å². The molecular formula is C26H50O4. The number of rotatable bonds is 22. The van der Waals surface area contributed by atoms with Gasteiger partial charge in [-0.1, -0.05) is 97.3 Å². The van der Waals surface area contributed by atoms with E-state index in [4.69, 9.17) is 9.47 Å². The lowest BCUT2D eigenvalue weighted by atomic mass is 10.1. The van der Waals surface area contributed by atoms with Crippen LogP contribution in [0.2, 0.25) is 0 Å². The largest absolute Gasteiger partial charge is 0.466 e. The van der Waals surface area contributed by atoms with Crippen molar-refractivity contribution in [2.24, 2.45) is 0 Å². The van der Waals surface area contributed by atoms with Crippen LogP contribution in [0.25, 0.3) is 0 Å². The zero-order valence-corrected chi connectivity index (χ0v) is 20.4. The smallest absolute Gasteiger partial charge is 0.306 e. The normalized spacial score (nSPS) is 12.0. The van der Waals surface area contributed by atoms with Crippen LogP contribution in [0.5, 0.6) is 0 Å². The molecule has 0 aliphatic rings. The van der Waals surface area contributed by atoms with E-state index in [-0.39, 0.29) is 18.0 Å². The van der Waals surface area contributed by atoms with Gasteiger partial charge in [0.05, 0.1) is 12.7 Å². The van der Waals surface area contributed by atoms with Gasteiger partial charge in [0.25, 0.3) is 0 Å². The molecule has 0 amide bonds. The molecule has 0 aromatic heterocycles. The summed E-state index contributed by atoms with van der Waals surface area (Å²) in [6.45, 7) is 6.87. The maximum Gasteiger partial charge on any atom is 0.306 e. The fraction of sp³-hybridized carbons (Fsp3) is 0.923. The predicted molar refractivity (Wildman–Crippen MR) is 126 cm³/mol. The Morgan fingerprint density at radius 1 is 0.600 bits per heavy atom. The van der Waals surface area contributed by atoms with Crippen LogP contribution in [-0.2, 0) is 19.1 Å². The summed E-state index contributed by atoms with van der Waals surface area (Å²) in [5, 5.41) is 0. The molecule has 0 aromatic rings. The van der Waals surface area contributed by atoms with Gasteiger partial charge in [-0.25, -0.2) is 0 Å². The number of carbonyl (C=O) groups excluding carboxylic acids is 2. The molecule has 0 heterocycles. The van der Waals surface area contributed by atoms with Gasteiger partial charge in [0.2, 0.25) is 0 Å². The molecule has 30 heavy (non-hydrogen) atoms. The molecule has 178 valence electrons. The Labute approximate surface area is 186 Å². The molecule has 4 nitrogen and oxygen atoms in total. The van der Waals surface area contributed by atoms with Gasteiger partial charge in [-0.05, 0) is 32.6 Å². The minimum atomic E-state index is -0.150. The highest BCUT2D eigenvalue weighted by Gasteiger charge is 2.10. The number of carbonyl (C=O) groups is 2. The second-order valence-corrected chi connectivity index (χ2v) is 8.76. The number of esters is 2. The van der Waals surface area contributed by atoms with Crippen LogP contribution in [0.4, 0.5) is 0 Å². The summed E-state index contributed by atoms with van der Waals surface area (Å²) in [7, 11) is 0. The third-order valence-electron chi connectivity index (χ3n) is 5.57. The van der Waals surface area contributed by atoms with Crippen molar-refractivity contribution in [1.29, 1.82) is 0 Å². The number of hydrogen-bond donors (Lipinski definition) is 0. The lowest BCUT2D eigenvalue weighted by molar-refractivity contribution is -0.149. The number of hydrogen-bond acceptors (Lipinski definition) is 4. The Bertz CT molecular complexity index is 394. The van der Waals surface area contributed by atoms with Crippen LogP contribution < -0.4 is 0 Å². The second-order valence-electron chi connectivity index (χ2n) is 8.76. The lowest BCUT2D eigenvalue weighted by Crippen LogP contribution is -2.14. The highest BCUT2D eigenvalue weighted by atomic mass is 16.5. The zero-order chi connectivity index (χ0) is 22.3. The molecule has 1 unspecified atom stereocenters. The van der Waals surface area contributed by atoms with E-state index < -0.39 is 0 Å². The molecule has 0 fully saturated rings. The molecule has 0 aliphatic heterocycles. The van der Waals surface area contributed by atoms with Crippen LogP contribution in [-0.4, -0.2) is 24.6 Å². The first-order valence-electron chi connectivity index (χ1n) is 12.9. The van der Waals surface area contributed by atoms with Crippen molar-refractivity contribution in [2.75, 3.05) is 6.61 Å². The van der Waals surface area contributed by atoms with E-state index in [1.807, 2.05) is 6.92 Å². The highest BCUT2D eigenvalue weighted by molar-refractivity contribution is 5.70. The SMILES string of the molecule is CCCCCCCCCCCCCCOC(=O)CCCCC(=O)OC(C)CCCC. The third-order valence-corrected chi connectivity index (χ3v) is 5.57. The summed E-state index contributed by atoms with van der Waals surface area (Å²) in [5.74, 6) is -0.286. The molecule has 0 spiro atoms. The van der Waals surface area contributed by atoms with E-state index in [2.05, 4.69) is 13.8 Å². The summed E-state index contributed by atoms with van der Waals surface area (Å²) in [6.07, 6.45) is 20.9. The van der Waals surface area contributed by atoms with Gasteiger partial charge >= 0.3 is 11.9 Å². The maximum absolute atomic E-state index is 11.7. The van der Waals surface area contributed by atoms with Gasteiger partial charge in [-0.3, -0.25) is 9.59 Å². The van der Waals surface area contributed by atoms with E-state index in [1.165, 1.54) is 64.2 Å². The summed E-state index contributed by atoms with van der Waals surface area (Å²) in [5.41, 5.74) is 0. The Morgan fingerprint density at radius 3 is 1.60 bits per heavy atom. The molecule has 0 rings (SSSR count). The van der Waals surface area contributed by atoms with Crippen molar-refractivity contribution in [3.63, 3.8) is 0 Å². The molecule has 0 aromatic carbocycles. The first-order valence-corrected chi connectivity index (χ1v) is 12.9. The standard InChI is InChI=1S/C26H50O4/c1-4-6-8-9-10-11-12-13-14-15-16-19-23-29-25(27)21-17-18-22-26(28)30-24(3)20-7-5-2/h24H,4-23H2,1-3H3. The van der Waals surface area contributed by atoms with E-state index >= 15 is 0 Å². The fourth-order valence-corrected chi connectivity index (χ4v) is 3.57. The van der Waals surface area contributed by atoms with Gasteiger partial charge in [-0.15, -0.1) is 0 Å². The summed E-state index contributed by atoms with van der Waals surface area (Å²) in [6, 6.07) is 0. The first-order chi connectivity index (χ1) is 14.6. The molecule has 0 radical (unpaired) electrons. The van der Waals surface area contributed by atoms with Gasteiger partial charge in [0.1, 0.15) is 0 Å². The Balaban J connectivity index is 3.33. The molecule has 1 atom stereocenters. The Kier molecular flexibility index (Phi) is 21.8. The van der Waals surface area contributed by atoms with Crippen molar-refractivity contribution in [1.82, 2.24) is 0 Å². The summed E-state index contributed by atoms with van der Waals surface area (Å²) in [4.78, 5) is 23.5. The third kappa shape index (κ3) is 21.6. The van der Waals surface area contributed by atoms with Crippen molar-refractivity contribution >= 4 is 11.9 Å². The van der Waals surface area contributed by atoms with Crippen LogP contribution in [0.1, 0.15) is 143 Å². The minimum Gasteiger partial charge on any atom is -0.466 e. The summed E-state index contributed by atoms with van der Waals surface area (Å²) < 4.78 is 10.7. The maximum atomic E-state index is 11.7. The zero-order valence-electron chi connectivity index (χ0n) is 20.4. The van der Waals surface area contributed by atoms with Gasteiger partial charge in [0, 0.05) is 12.8 Å². The molecule has 0 saturated carbocycles. The Morgan fingerprint density at radius 2 is 1.07 bits per heavy atom. The van der Waals surface area contributed by atoms with E-state index in [9.17, 15) is 9.59 Å². The van der Waals surface area contributed by atoms with E-state index in [1.54, 1.807) is 0 Å². The number of ether oxygens (including phenoxy) is 2. The average molecular weight is 427 g/mol. The van der Waals surface area contributed by atoms with Crippen LogP contribution in [0.3, 0.4) is 0 Å². The first kappa shape index (κ1) is 28.9. The molecule has 0 saturated heterocycles. The van der Waals surface area contributed by atoms with Crippen LogP contribution in [0, 0.1) is 0 Å². The lowest BCUT2D eigenvalue weighted by Gasteiger charge is -2.12. The predicted octanol–water partition coefficient (Wildman–Crippen LogP) is 7.91. The van der Waals surface area contributed by atoms with Gasteiger partial charge in [-0.2, -0.15) is 0 Å². The van der Waals surface area contributed by atoms with E-state index in [0.717, 1.165) is 32.1 Å². The molecule has 0 aliphatic carbocycles. The monoisotopic (exact) mass is 426 g/mol. The summed E-state index contributed by atoms with van der Waals surface area (Å²) >= 11 is 0. The molecule has 4 heteroatoms. The molecular weight excluding hydrogens is 376 g/mol. The molecule has 0 N–H and O–H groups in total. The van der Waals surface area contributed by atoms with Crippen molar-refractivity contribution < 1.29 is 19.1 Å². The fourth-order valence-electron chi connectivity index (χ4n) is 3.57. The van der Waals surface area contributed by atoms with Crippen LogP contribution in [0.15, 0.2) is 0 Å². The van der Waals surface area contributed by atoms with Gasteiger partial charge < -0.3 is 9.47 Å². The minimum absolute atomic E-state index is 0.00188. The topological polar surface area (TPSA) is 52.6 Å². The van der Waals surface area contributed by atoms with Crippen LogP contribution >= 0.6 is 0 Å². The molecule has 0 bridgehead atoms. The van der Waals surface area contributed by atoms with Crippen molar-refractivity contribution in [3.05, 3.63) is 0 Å². The Hall–Kier alpha value is -1.06.